The van der Waals surface area contributed by atoms with Gasteiger partial charge in [-0.3, -0.25) is 0 Å². The number of hydrogen-bond donors (Lipinski definition) is 1. The lowest BCUT2D eigenvalue weighted by Gasteiger charge is -2.07. The quantitative estimate of drug-likeness (QED) is 0.633. The summed E-state index contributed by atoms with van der Waals surface area (Å²) in [6.45, 7) is 0. The molecule has 1 N–H and O–H groups in total. The van der Waals surface area contributed by atoms with Crippen LogP contribution < -0.4 is 4.74 Å². The van der Waals surface area contributed by atoms with Crippen LogP contribution in [0.5, 0.6) is 5.88 Å². The van der Waals surface area contributed by atoms with Crippen LogP contribution in [-0.2, 0) is 0 Å². The summed E-state index contributed by atoms with van der Waals surface area (Å²) in [7, 11) is 1.52. The van der Waals surface area contributed by atoms with Crippen molar-refractivity contribution in [1.82, 2.24) is 9.71 Å². The molecule has 80 valence electrons. The van der Waals surface area contributed by atoms with Crippen molar-refractivity contribution in [2.45, 2.75) is 0 Å². The highest BCUT2D eigenvalue weighted by molar-refractivity contribution is 5.97. The second-order valence-electron chi connectivity index (χ2n) is 3.59. The van der Waals surface area contributed by atoms with Gasteiger partial charge in [-0.05, 0) is 6.07 Å². The number of aromatic nitrogens is 2. The van der Waals surface area contributed by atoms with E-state index in [0.29, 0.717) is 5.88 Å². The standard InChI is InChI=1S/C12H10N2O2/c1-16-12-6-9-8-4-2-3-5-10(8)13-11(9)7-14(12)15/h2-7,15H,1H3. The number of fused-ring (bicyclic) bond motifs is 3. The van der Waals surface area contributed by atoms with Crippen LogP contribution in [0.15, 0.2) is 36.5 Å². The molecule has 0 amide bonds. The van der Waals surface area contributed by atoms with Crippen molar-refractivity contribution >= 4 is 10.9 Å². The summed E-state index contributed by atoms with van der Waals surface area (Å²) in [6.07, 6.45) is 1.55. The second kappa shape index (κ2) is 3.13. The third kappa shape index (κ3) is 1.13. The summed E-state index contributed by atoms with van der Waals surface area (Å²) < 4.78 is 6.00. The first-order chi connectivity index (χ1) is 7.79. The van der Waals surface area contributed by atoms with Crippen molar-refractivity contribution in [3.05, 3.63) is 36.5 Å². The lowest BCUT2D eigenvalue weighted by molar-refractivity contribution is 0.150. The van der Waals surface area contributed by atoms with Crippen LogP contribution in [0.4, 0.5) is 0 Å². The number of rotatable bonds is 1. The molecule has 0 unspecified atom stereocenters. The Hall–Kier alpha value is -2.23. The van der Waals surface area contributed by atoms with Gasteiger partial charge in [-0.25, -0.2) is 4.98 Å². The Morgan fingerprint density at radius 2 is 2.12 bits per heavy atom. The average molecular weight is 214 g/mol. The van der Waals surface area contributed by atoms with E-state index in [1.165, 1.54) is 7.11 Å². The van der Waals surface area contributed by atoms with Gasteiger partial charge < -0.3 is 9.94 Å². The predicted molar refractivity (Wildman–Crippen MR) is 60.1 cm³/mol. The van der Waals surface area contributed by atoms with Gasteiger partial charge in [0, 0.05) is 17.0 Å². The molecule has 0 bridgehead atoms. The molecule has 0 aliphatic carbocycles. The van der Waals surface area contributed by atoms with Crippen LogP contribution in [0.1, 0.15) is 0 Å². The minimum Gasteiger partial charge on any atom is -0.480 e. The Bertz CT molecular complexity index is 630. The van der Waals surface area contributed by atoms with Gasteiger partial charge in [0.1, 0.15) is 0 Å². The fourth-order valence-electron chi connectivity index (χ4n) is 1.90. The zero-order chi connectivity index (χ0) is 11.1. The lowest BCUT2D eigenvalue weighted by Crippen LogP contribution is -1.99. The smallest absolute Gasteiger partial charge is 0.227 e. The van der Waals surface area contributed by atoms with E-state index in [9.17, 15) is 5.21 Å². The molecule has 2 aliphatic heterocycles. The lowest BCUT2D eigenvalue weighted by atomic mass is 10.1. The number of hydrogen-bond acceptors (Lipinski definition) is 3. The van der Waals surface area contributed by atoms with Crippen LogP contribution in [-0.4, -0.2) is 22.0 Å². The minimum atomic E-state index is 0.394. The number of nitrogens with zero attached hydrogens (tertiary/aromatic N) is 2. The maximum Gasteiger partial charge on any atom is 0.227 e. The molecule has 0 spiro atoms. The molecule has 0 fully saturated rings. The Morgan fingerprint density at radius 3 is 2.94 bits per heavy atom. The van der Waals surface area contributed by atoms with Gasteiger partial charge >= 0.3 is 0 Å². The fraction of sp³-hybridized carbons (Fsp3) is 0.0833. The summed E-state index contributed by atoms with van der Waals surface area (Å²) in [4.78, 5) is 4.42. The topological polar surface area (TPSA) is 47.3 Å². The largest absolute Gasteiger partial charge is 0.480 e. The molecule has 4 heteroatoms. The maximum absolute atomic E-state index is 9.59. The van der Waals surface area contributed by atoms with E-state index in [1.807, 2.05) is 24.3 Å². The van der Waals surface area contributed by atoms with E-state index < -0.39 is 0 Å². The predicted octanol–water partition coefficient (Wildman–Crippen LogP) is 2.39. The van der Waals surface area contributed by atoms with Crippen molar-refractivity contribution in [3.63, 3.8) is 0 Å². The molecular weight excluding hydrogens is 204 g/mol. The highest BCUT2D eigenvalue weighted by atomic mass is 16.5. The molecule has 1 aromatic carbocycles. The van der Waals surface area contributed by atoms with Crippen LogP contribution in [0.25, 0.3) is 22.2 Å². The zero-order valence-corrected chi connectivity index (χ0v) is 8.71. The van der Waals surface area contributed by atoms with E-state index in [0.717, 1.165) is 26.9 Å². The summed E-state index contributed by atoms with van der Waals surface area (Å²) in [5, 5.41) is 10.7. The summed E-state index contributed by atoms with van der Waals surface area (Å²) in [5.74, 6) is 0.394. The van der Waals surface area contributed by atoms with E-state index >= 15 is 0 Å². The third-order valence-electron chi connectivity index (χ3n) is 2.66. The van der Waals surface area contributed by atoms with Crippen molar-refractivity contribution in [1.29, 1.82) is 0 Å². The van der Waals surface area contributed by atoms with E-state index in [2.05, 4.69) is 4.98 Å². The number of para-hydroxylation sites is 1. The van der Waals surface area contributed by atoms with Crippen LogP contribution in [0, 0.1) is 0 Å². The molecule has 0 saturated carbocycles. The van der Waals surface area contributed by atoms with Crippen molar-refractivity contribution in [3.8, 4) is 17.1 Å². The molecule has 0 atom stereocenters. The highest BCUT2D eigenvalue weighted by Crippen LogP contribution is 2.33. The van der Waals surface area contributed by atoms with E-state index in [4.69, 9.17) is 4.74 Å². The van der Waals surface area contributed by atoms with Gasteiger partial charge in [-0.2, -0.15) is 4.73 Å². The first-order valence-electron chi connectivity index (χ1n) is 4.93. The van der Waals surface area contributed by atoms with Gasteiger partial charge in [-0.15, -0.1) is 0 Å². The van der Waals surface area contributed by atoms with E-state index in [1.54, 1.807) is 12.3 Å². The van der Waals surface area contributed by atoms with Crippen molar-refractivity contribution in [2.24, 2.45) is 0 Å². The first-order valence-corrected chi connectivity index (χ1v) is 4.93. The number of methoxy groups -OCH3 is 1. The van der Waals surface area contributed by atoms with Gasteiger partial charge in [0.05, 0.1) is 24.5 Å². The van der Waals surface area contributed by atoms with Gasteiger partial charge in [-0.1, -0.05) is 18.2 Å². The van der Waals surface area contributed by atoms with Crippen LogP contribution in [0.3, 0.4) is 0 Å². The summed E-state index contributed by atoms with van der Waals surface area (Å²) in [5.41, 5.74) is 2.66. The SMILES string of the molecule is COc1cc2c3ccccc3nc-2cn1O. The minimum absolute atomic E-state index is 0.394. The molecule has 0 aromatic heterocycles. The number of benzene rings is 1. The summed E-state index contributed by atoms with van der Waals surface area (Å²) >= 11 is 0. The van der Waals surface area contributed by atoms with Gasteiger partial charge in [0.15, 0.2) is 0 Å². The molecule has 4 nitrogen and oxygen atoms in total. The Kier molecular flexibility index (Phi) is 1.77. The van der Waals surface area contributed by atoms with Crippen molar-refractivity contribution < 1.29 is 9.94 Å². The summed E-state index contributed by atoms with van der Waals surface area (Å²) in [6, 6.07) is 9.65. The third-order valence-corrected chi connectivity index (χ3v) is 2.66. The average Bonchev–Trinajstić information content (AvgIpc) is 2.65. The van der Waals surface area contributed by atoms with Crippen molar-refractivity contribution in [2.75, 3.05) is 7.11 Å². The normalized spacial score (nSPS) is 11.1. The molecular formula is C12H10N2O2. The Morgan fingerprint density at radius 1 is 1.31 bits per heavy atom. The fourth-order valence-corrected chi connectivity index (χ4v) is 1.90. The van der Waals surface area contributed by atoms with Gasteiger partial charge in [0.25, 0.3) is 0 Å². The molecule has 0 saturated heterocycles. The molecule has 1 aromatic rings. The van der Waals surface area contributed by atoms with Gasteiger partial charge in [0.2, 0.25) is 5.88 Å². The molecule has 0 radical (unpaired) electrons. The number of ether oxygens (including phenoxy) is 1. The van der Waals surface area contributed by atoms with Crippen LogP contribution in [0.2, 0.25) is 0 Å². The molecule has 2 aliphatic rings. The molecule has 16 heavy (non-hydrogen) atoms. The monoisotopic (exact) mass is 214 g/mol. The van der Waals surface area contributed by atoms with E-state index in [-0.39, 0.29) is 0 Å². The second-order valence-corrected chi connectivity index (χ2v) is 3.59. The Balaban J connectivity index is 2.43. The highest BCUT2D eigenvalue weighted by Gasteiger charge is 2.14. The first kappa shape index (κ1) is 9.03. The Labute approximate surface area is 92.0 Å². The molecule has 2 heterocycles. The molecule has 3 rings (SSSR count). The zero-order valence-electron chi connectivity index (χ0n) is 8.71. The number of pyridine rings is 1. The van der Waals surface area contributed by atoms with Crippen LogP contribution >= 0.6 is 0 Å². The maximum atomic E-state index is 9.59.